The third kappa shape index (κ3) is 42.0. The number of carbonyl (C=O) groups excluding carboxylic acids is 2. The maximum Gasteiger partial charge on any atom is 0.306 e. The highest BCUT2D eigenvalue weighted by atomic mass is 16.5. The summed E-state index contributed by atoms with van der Waals surface area (Å²) >= 11 is 0. The van der Waals surface area contributed by atoms with Gasteiger partial charge in [-0.3, -0.25) is 9.59 Å². The summed E-state index contributed by atoms with van der Waals surface area (Å²) in [5.74, 6) is -0.561. The first-order valence-corrected chi connectivity index (χ1v) is 25.2. The third-order valence-electron chi connectivity index (χ3n) is 11.0. The molecule has 0 fully saturated rings. The smallest absolute Gasteiger partial charge is 0.306 e. The molecular weight excluding hydrogens is 743 g/mol. The number of esters is 1. The Morgan fingerprint density at radius 2 is 0.900 bits per heavy atom. The molecule has 3 N–H and O–H groups in total. The van der Waals surface area contributed by atoms with Gasteiger partial charge >= 0.3 is 5.97 Å². The van der Waals surface area contributed by atoms with Crippen LogP contribution in [-0.4, -0.2) is 46.9 Å². The van der Waals surface area contributed by atoms with Gasteiger partial charge in [0.15, 0.2) is 0 Å². The van der Waals surface area contributed by atoms with Gasteiger partial charge in [0.2, 0.25) is 5.91 Å². The molecule has 0 saturated heterocycles. The van der Waals surface area contributed by atoms with Crippen LogP contribution in [-0.2, 0) is 14.3 Å². The zero-order chi connectivity index (χ0) is 43.8. The zero-order valence-corrected chi connectivity index (χ0v) is 39.3. The van der Waals surface area contributed by atoms with Crippen molar-refractivity contribution in [3.05, 3.63) is 72.9 Å². The normalized spacial score (nSPS) is 13.9. The van der Waals surface area contributed by atoms with Crippen molar-refractivity contribution in [3.63, 3.8) is 0 Å². The van der Waals surface area contributed by atoms with Crippen LogP contribution in [0.3, 0.4) is 0 Å². The number of aliphatic hydroxyl groups excluding tert-OH is 2. The van der Waals surface area contributed by atoms with Crippen LogP contribution in [0, 0.1) is 0 Å². The number of amides is 1. The minimum Gasteiger partial charge on any atom is -0.462 e. The molecule has 60 heavy (non-hydrogen) atoms. The molecule has 3 unspecified atom stereocenters. The Morgan fingerprint density at radius 1 is 0.500 bits per heavy atom. The molecule has 6 nitrogen and oxygen atoms in total. The molecule has 0 aromatic carbocycles. The van der Waals surface area contributed by atoms with Gasteiger partial charge in [0, 0.05) is 6.42 Å². The van der Waals surface area contributed by atoms with E-state index < -0.39 is 18.2 Å². The van der Waals surface area contributed by atoms with Gasteiger partial charge < -0.3 is 20.3 Å². The summed E-state index contributed by atoms with van der Waals surface area (Å²) in [5.41, 5.74) is 0. The lowest BCUT2D eigenvalue weighted by Gasteiger charge is -2.24. The monoisotopic (exact) mass is 838 g/mol. The topological polar surface area (TPSA) is 95.9 Å². The fourth-order valence-electron chi connectivity index (χ4n) is 7.22. The molecule has 0 aliphatic heterocycles. The molecule has 0 bridgehead atoms. The van der Waals surface area contributed by atoms with Crippen LogP contribution >= 0.6 is 0 Å². The Balaban J connectivity index is 4.71. The predicted octanol–water partition coefficient (Wildman–Crippen LogP) is 15.0. The lowest BCUT2D eigenvalue weighted by Crippen LogP contribution is -2.46. The van der Waals surface area contributed by atoms with Crippen LogP contribution in [0.2, 0.25) is 0 Å². The van der Waals surface area contributed by atoms with Crippen molar-refractivity contribution in [2.75, 3.05) is 6.61 Å². The van der Waals surface area contributed by atoms with Crippen molar-refractivity contribution in [2.45, 2.75) is 251 Å². The second kappa shape index (κ2) is 47.4. The SMILES string of the molecule is CC/C=C\C/C=C\C/C=C\C/C=C\C/C=C\CCCC(=O)OC(CCCCC/C=C/CCCCCCCCC)CC(=O)NC(CO)C(O)CCCCCCCCCCCC. The number of nitrogens with one attached hydrogen (secondary N) is 1. The molecule has 6 heteroatoms. The van der Waals surface area contributed by atoms with Gasteiger partial charge in [-0.1, -0.05) is 203 Å². The minimum atomic E-state index is -0.802. The summed E-state index contributed by atoms with van der Waals surface area (Å²) in [6, 6.07) is -0.719. The highest BCUT2D eigenvalue weighted by molar-refractivity contribution is 5.77. The van der Waals surface area contributed by atoms with Gasteiger partial charge in [0.25, 0.3) is 0 Å². The molecule has 0 aromatic heterocycles. The van der Waals surface area contributed by atoms with Crippen LogP contribution in [0.25, 0.3) is 0 Å². The van der Waals surface area contributed by atoms with E-state index in [9.17, 15) is 19.8 Å². The number of allylic oxidation sites excluding steroid dienone is 12. The Kier molecular flexibility index (Phi) is 45.2. The van der Waals surface area contributed by atoms with Crippen LogP contribution in [0.4, 0.5) is 0 Å². The molecule has 0 heterocycles. The van der Waals surface area contributed by atoms with E-state index in [0.717, 1.165) is 89.9 Å². The molecule has 0 spiro atoms. The number of hydrogen-bond acceptors (Lipinski definition) is 5. The standard InChI is InChI=1S/C54H95NO5/c1-4-7-10-13-16-19-22-24-26-27-28-30-32-35-38-41-44-47-54(59)60-50(45-42-39-36-33-31-29-25-23-20-17-14-11-8-5-2)48-53(58)55-51(49-56)52(57)46-43-40-37-34-21-18-15-12-9-6-3/h7,10,16,19,24,26,28-31,35,38,50-52,56-57H,4-6,8-9,11-15,17-18,20-23,25,27,32-34,36-37,39-49H2,1-3H3,(H,55,58)/b10-7-,19-16-,26-24-,30-28-,31-29+,38-35-. The minimum absolute atomic E-state index is 0.0420. The first kappa shape index (κ1) is 57.3. The van der Waals surface area contributed by atoms with Crippen molar-refractivity contribution in [1.82, 2.24) is 5.32 Å². The van der Waals surface area contributed by atoms with Crippen LogP contribution in [0.5, 0.6) is 0 Å². The van der Waals surface area contributed by atoms with Gasteiger partial charge in [-0.2, -0.15) is 0 Å². The summed E-state index contributed by atoms with van der Waals surface area (Å²) in [7, 11) is 0. The quantitative estimate of drug-likeness (QED) is 0.0323. The van der Waals surface area contributed by atoms with Crippen molar-refractivity contribution in [3.8, 4) is 0 Å². The largest absolute Gasteiger partial charge is 0.462 e. The van der Waals surface area contributed by atoms with Gasteiger partial charge in [-0.05, 0) is 89.9 Å². The highest BCUT2D eigenvalue weighted by Gasteiger charge is 2.24. The molecule has 0 aliphatic carbocycles. The Morgan fingerprint density at radius 3 is 1.40 bits per heavy atom. The van der Waals surface area contributed by atoms with E-state index in [2.05, 4.69) is 99.0 Å². The Labute approximate surface area is 371 Å². The predicted molar refractivity (Wildman–Crippen MR) is 259 cm³/mol. The maximum absolute atomic E-state index is 13.2. The highest BCUT2D eigenvalue weighted by Crippen LogP contribution is 2.17. The summed E-state index contributed by atoms with van der Waals surface area (Å²) in [6.07, 6.45) is 59.6. The first-order valence-electron chi connectivity index (χ1n) is 25.2. The van der Waals surface area contributed by atoms with E-state index in [4.69, 9.17) is 4.74 Å². The Bertz CT molecular complexity index is 1120. The van der Waals surface area contributed by atoms with Crippen molar-refractivity contribution < 1.29 is 24.5 Å². The number of unbranched alkanes of at least 4 members (excludes halogenated alkanes) is 20. The van der Waals surface area contributed by atoms with Crippen LogP contribution in [0.1, 0.15) is 233 Å². The average Bonchev–Trinajstić information content (AvgIpc) is 3.24. The van der Waals surface area contributed by atoms with E-state index in [1.165, 1.54) is 89.9 Å². The molecule has 346 valence electrons. The third-order valence-corrected chi connectivity index (χ3v) is 11.0. The number of hydrogen-bond donors (Lipinski definition) is 3. The second-order valence-corrected chi connectivity index (χ2v) is 16.8. The number of aliphatic hydroxyl groups is 2. The zero-order valence-electron chi connectivity index (χ0n) is 39.3. The first-order chi connectivity index (χ1) is 29.5. The fraction of sp³-hybridized carbons (Fsp3) is 0.741. The van der Waals surface area contributed by atoms with Gasteiger partial charge in [-0.25, -0.2) is 0 Å². The lowest BCUT2D eigenvalue weighted by atomic mass is 10.0. The van der Waals surface area contributed by atoms with E-state index >= 15 is 0 Å². The molecule has 0 saturated carbocycles. The molecule has 0 radical (unpaired) electrons. The molecular formula is C54H95NO5. The summed E-state index contributed by atoms with van der Waals surface area (Å²) in [5, 5.41) is 23.7. The number of rotatable bonds is 44. The maximum atomic E-state index is 13.2. The Hall–Kier alpha value is -2.70. The van der Waals surface area contributed by atoms with E-state index in [0.29, 0.717) is 25.7 Å². The van der Waals surface area contributed by atoms with Crippen molar-refractivity contribution in [2.24, 2.45) is 0 Å². The fourth-order valence-corrected chi connectivity index (χ4v) is 7.22. The average molecular weight is 838 g/mol. The van der Waals surface area contributed by atoms with Gasteiger partial charge in [-0.15, -0.1) is 0 Å². The number of carbonyl (C=O) groups is 2. The molecule has 1 amide bonds. The summed E-state index contributed by atoms with van der Waals surface area (Å²) < 4.78 is 5.89. The summed E-state index contributed by atoms with van der Waals surface area (Å²) in [4.78, 5) is 26.1. The van der Waals surface area contributed by atoms with Crippen LogP contribution < -0.4 is 5.32 Å². The molecule has 3 atom stereocenters. The van der Waals surface area contributed by atoms with Crippen molar-refractivity contribution in [1.29, 1.82) is 0 Å². The van der Waals surface area contributed by atoms with Crippen LogP contribution in [0.15, 0.2) is 72.9 Å². The molecule has 0 aliphatic rings. The summed E-state index contributed by atoms with van der Waals surface area (Å²) in [6.45, 7) is 6.33. The molecule has 0 rings (SSSR count). The second-order valence-electron chi connectivity index (χ2n) is 16.8. The van der Waals surface area contributed by atoms with Gasteiger partial charge in [0.05, 0.1) is 25.2 Å². The van der Waals surface area contributed by atoms with E-state index in [1.54, 1.807) is 0 Å². The van der Waals surface area contributed by atoms with E-state index in [-0.39, 0.29) is 24.9 Å². The van der Waals surface area contributed by atoms with E-state index in [1.807, 2.05) is 0 Å². The number of ether oxygens (including phenoxy) is 1. The van der Waals surface area contributed by atoms with Gasteiger partial charge in [0.1, 0.15) is 6.10 Å². The lowest BCUT2D eigenvalue weighted by molar-refractivity contribution is -0.151. The van der Waals surface area contributed by atoms with Crippen molar-refractivity contribution >= 4 is 11.9 Å². The molecule has 0 aromatic rings.